The molecule has 1 aliphatic carbocycles. The molecule has 0 radical (unpaired) electrons. The van der Waals surface area contributed by atoms with Crippen LogP contribution in [0.4, 0.5) is 0 Å². The molecule has 14 heavy (non-hydrogen) atoms. The Morgan fingerprint density at radius 3 is 1.64 bits per heavy atom. The van der Waals surface area contributed by atoms with Gasteiger partial charge in [0.2, 0.25) is 11.6 Å². The lowest BCUT2D eigenvalue weighted by atomic mass is 9.94. The third-order valence-electron chi connectivity index (χ3n) is 2.44. The molecule has 1 aliphatic rings. The van der Waals surface area contributed by atoms with Crippen LogP contribution in [-0.2, 0) is 0 Å². The molecule has 2 heterocycles. The number of aromatic amines is 2. The molecule has 3 rings (SSSR count). The van der Waals surface area contributed by atoms with E-state index in [1.807, 2.05) is 0 Å². The molecule has 0 amide bonds. The SMILES string of the molecule is O=C1c2cc[nH]c2C(=O)c2cc[nH]c21. The summed E-state index contributed by atoms with van der Waals surface area (Å²) in [4.78, 5) is 29.1. The maximum atomic E-state index is 11.8. The molecule has 0 fully saturated rings. The minimum Gasteiger partial charge on any atom is -0.358 e. The van der Waals surface area contributed by atoms with E-state index in [0.717, 1.165) is 0 Å². The van der Waals surface area contributed by atoms with Crippen molar-refractivity contribution in [1.29, 1.82) is 0 Å². The van der Waals surface area contributed by atoms with E-state index in [1.54, 1.807) is 24.5 Å². The zero-order valence-corrected chi connectivity index (χ0v) is 7.13. The molecule has 68 valence electrons. The van der Waals surface area contributed by atoms with Gasteiger partial charge in [0.1, 0.15) is 0 Å². The molecule has 4 heteroatoms. The highest BCUT2D eigenvalue weighted by Crippen LogP contribution is 2.24. The van der Waals surface area contributed by atoms with Crippen molar-refractivity contribution >= 4 is 11.6 Å². The van der Waals surface area contributed by atoms with Crippen molar-refractivity contribution < 1.29 is 9.59 Å². The van der Waals surface area contributed by atoms with Crippen molar-refractivity contribution in [1.82, 2.24) is 9.97 Å². The van der Waals surface area contributed by atoms with Crippen LogP contribution in [0.1, 0.15) is 32.1 Å². The molecule has 0 saturated heterocycles. The van der Waals surface area contributed by atoms with Crippen molar-refractivity contribution in [2.24, 2.45) is 0 Å². The second-order valence-electron chi connectivity index (χ2n) is 3.19. The summed E-state index contributed by atoms with van der Waals surface area (Å²) in [7, 11) is 0. The van der Waals surface area contributed by atoms with Gasteiger partial charge in [-0.3, -0.25) is 9.59 Å². The number of ketones is 2. The van der Waals surface area contributed by atoms with Crippen LogP contribution in [-0.4, -0.2) is 21.5 Å². The molecular weight excluding hydrogens is 180 g/mol. The topological polar surface area (TPSA) is 65.7 Å². The molecule has 2 N–H and O–H groups in total. The Hall–Kier alpha value is -2.10. The van der Waals surface area contributed by atoms with Crippen LogP contribution in [0.5, 0.6) is 0 Å². The molecule has 4 nitrogen and oxygen atoms in total. The van der Waals surface area contributed by atoms with E-state index in [2.05, 4.69) is 9.97 Å². The zero-order valence-electron chi connectivity index (χ0n) is 7.13. The second kappa shape index (κ2) is 2.23. The first-order chi connectivity index (χ1) is 6.79. The minimum absolute atomic E-state index is 0.124. The van der Waals surface area contributed by atoms with Gasteiger partial charge in [0.15, 0.2) is 0 Å². The van der Waals surface area contributed by atoms with Gasteiger partial charge in [0.25, 0.3) is 0 Å². The highest BCUT2D eigenvalue weighted by atomic mass is 16.1. The monoisotopic (exact) mass is 186 g/mol. The molecule has 2 aromatic heterocycles. The number of hydrogen-bond donors (Lipinski definition) is 2. The van der Waals surface area contributed by atoms with Gasteiger partial charge in [-0.15, -0.1) is 0 Å². The first-order valence-corrected chi connectivity index (χ1v) is 4.23. The van der Waals surface area contributed by atoms with E-state index >= 15 is 0 Å². The summed E-state index contributed by atoms with van der Waals surface area (Å²) >= 11 is 0. The molecule has 0 bridgehead atoms. The molecule has 0 saturated carbocycles. The predicted molar refractivity (Wildman–Crippen MR) is 48.5 cm³/mol. The van der Waals surface area contributed by atoms with Crippen LogP contribution in [0.2, 0.25) is 0 Å². The number of H-pyrrole nitrogens is 2. The Balaban J connectivity index is 2.37. The van der Waals surface area contributed by atoms with Gasteiger partial charge >= 0.3 is 0 Å². The van der Waals surface area contributed by atoms with Gasteiger partial charge in [0, 0.05) is 12.4 Å². The summed E-state index contributed by atoms with van der Waals surface area (Å²) in [6.45, 7) is 0. The Labute approximate surface area is 79.0 Å². The normalized spacial score (nSPS) is 14.0. The van der Waals surface area contributed by atoms with Gasteiger partial charge in [-0.1, -0.05) is 0 Å². The van der Waals surface area contributed by atoms with Crippen molar-refractivity contribution in [2.45, 2.75) is 0 Å². The maximum Gasteiger partial charge on any atom is 0.212 e. The average molecular weight is 186 g/mol. The number of carbonyl (C=O) groups excluding carboxylic acids is 2. The highest BCUT2D eigenvalue weighted by Gasteiger charge is 2.31. The van der Waals surface area contributed by atoms with Crippen LogP contribution in [0.25, 0.3) is 0 Å². The number of carbonyl (C=O) groups is 2. The largest absolute Gasteiger partial charge is 0.358 e. The molecule has 0 unspecified atom stereocenters. The molecular formula is C10H6N2O2. The number of fused-ring (bicyclic) bond motifs is 2. The van der Waals surface area contributed by atoms with Crippen LogP contribution in [0.3, 0.4) is 0 Å². The Morgan fingerprint density at radius 1 is 0.786 bits per heavy atom. The Bertz CT molecular complexity index is 457. The third-order valence-corrected chi connectivity index (χ3v) is 2.44. The number of nitrogens with one attached hydrogen (secondary N) is 2. The quantitative estimate of drug-likeness (QED) is 0.552. The lowest BCUT2D eigenvalue weighted by Crippen LogP contribution is -2.19. The van der Waals surface area contributed by atoms with E-state index in [1.165, 1.54) is 0 Å². The molecule has 0 aromatic carbocycles. The third kappa shape index (κ3) is 0.682. The van der Waals surface area contributed by atoms with E-state index in [-0.39, 0.29) is 11.6 Å². The van der Waals surface area contributed by atoms with Crippen LogP contribution < -0.4 is 0 Å². The first-order valence-electron chi connectivity index (χ1n) is 4.23. The van der Waals surface area contributed by atoms with Gasteiger partial charge in [-0.25, -0.2) is 0 Å². The number of aromatic nitrogens is 2. The van der Waals surface area contributed by atoms with Crippen molar-refractivity contribution in [2.75, 3.05) is 0 Å². The summed E-state index contributed by atoms with van der Waals surface area (Å²) in [6.07, 6.45) is 3.21. The fourth-order valence-electron chi connectivity index (χ4n) is 1.76. The van der Waals surface area contributed by atoms with Gasteiger partial charge in [-0.05, 0) is 12.1 Å². The van der Waals surface area contributed by atoms with Gasteiger partial charge < -0.3 is 9.97 Å². The van der Waals surface area contributed by atoms with E-state index in [0.29, 0.717) is 22.5 Å². The summed E-state index contributed by atoms with van der Waals surface area (Å²) in [5.41, 5.74) is 1.68. The van der Waals surface area contributed by atoms with Crippen molar-refractivity contribution in [3.05, 3.63) is 47.0 Å². The fourth-order valence-corrected chi connectivity index (χ4v) is 1.76. The average Bonchev–Trinajstić information content (AvgIpc) is 2.82. The highest BCUT2D eigenvalue weighted by molar-refractivity contribution is 6.27. The molecule has 0 spiro atoms. The second-order valence-corrected chi connectivity index (χ2v) is 3.19. The smallest absolute Gasteiger partial charge is 0.212 e. The Kier molecular flexibility index (Phi) is 1.16. The molecule has 0 atom stereocenters. The standard InChI is InChI=1S/C10H6N2O2/c13-9-5-1-3-11-7(5)10(14)6-2-4-12-8(6)9/h1-4,11-12H. The van der Waals surface area contributed by atoms with Crippen molar-refractivity contribution in [3.8, 4) is 0 Å². The first kappa shape index (κ1) is 7.32. The Morgan fingerprint density at radius 2 is 1.21 bits per heavy atom. The minimum atomic E-state index is -0.124. The van der Waals surface area contributed by atoms with Gasteiger partial charge in [-0.2, -0.15) is 0 Å². The van der Waals surface area contributed by atoms with Crippen molar-refractivity contribution in [3.63, 3.8) is 0 Å². The zero-order chi connectivity index (χ0) is 9.71. The van der Waals surface area contributed by atoms with Gasteiger partial charge in [0.05, 0.1) is 22.5 Å². The molecule has 0 aliphatic heterocycles. The summed E-state index contributed by atoms with van der Waals surface area (Å²) in [6, 6.07) is 3.25. The lowest BCUT2D eigenvalue weighted by Gasteiger charge is -2.09. The lowest BCUT2D eigenvalue weighted by molar-refractivity contribution is 0.0975. The number of rotatable bonds is 0. The van der Waals surface area contributed by atoms with E-state index in [4.69, 9.17) is 0 Å². The van der Waals surface area contributed by atoms with E-state index < -0.39 is 0 Å². The van der Waals surface area contributed by atoms with Crippen LogP contribution in [0.15, 0.2) is 24.5 Å². The maximum absolute atomic E-state index is 11.8. The van der Waals surface area contributed by atoms with E-state index in [9.17, 15) is 9.59 Å². The molecule has 2 aromatic rings. The van der Waals surface area contributed by atoms with Crippen LogP contribution >= 0.6 is 0 Å². The van der Waals surface area contributed by atoms with Crippen LogP contribution in [0, 0.1) is 0 Å². The number of hydrogen-bond acceptors (Lipinski definition) is 2. The summed E-state index contributed by atoms with van der Waals surface area (Å²) in [5.74, 6) is -0.248. The fraction of sp³-hybridized carbons (Fsp3) is 0. The predicted octanol–water partition coefficient (Wildman–Crippen LogP) is 1.12. The summed E-state index contributed by atoms with van der Waals surface area (Å²) < 4.78 is 0. The summed E-state index contributed by atoms with van der Waals surface area (Å²) in [5, 5.41) is 0.